The van der Waals surface area contributed by atoms with Crippen LogP contribution >= 0.6 is 0 Å². The first-order valence-corrected chi connectivity index (χ1v) is 6.94. The van der Waals surface area contributed by atoms with E-state index in [1.165, 1.54) is 0 Å². The van der Waals surface area contributed by atoms with E-state index in [-0.39, 0.29) is 17.3 Å². The summed E-state index contributed by atoms with van der Waals surface area (Å²) in [6, 6.07) is 0. The minimum absolute atomic E-state index is 0.00512. The van der Waals surface area contributed by atoms with Gasteiger partial charge in [-0.05, 0) is 30.1 Å². The molecule has 2 nitrogen and oxygen atoms in total. The van der Waals surface area contributed by atoms with E-state index >= 15 is 0 Å². The maximum atomic E-state index is 12.2. The summed E-state index contributed by atoms with van der Waals surface area (Å²) in [4.78, 5) is 24.2. The largest absolute Gasteiger partial charge is 0.299 e. The lowest BCUT2D eigenvalue weighted by atomic mass is 9.59. The van der Waals surface area contributed by atoms with Crippen LogP contribution in [-0.4, -0.2) is 11.6 Å². The second-order valence-electron chi connectivity index (χ2n) is 6.61. The van der Waals surface area contributed by atoms with E-state index in [0.717, 1.165) is 12.8 Å². The summed E-state index contributed by atoms with van der Waals surface area (Å²) in [5.41, 5.74) is -0.00512. The SMILES string of the molecule is CC(C)[C@@H]1C(=O)C[C@H](C)[C@@]12CC[C@@H](C)C(=O)C2. The predicted octanol–water partition coefficient (Wildman–Crippen LogP) is 3.24. The van der Waals surface area contributed by atoms with Gasteiger partial charge in [0.2, 0.25) is 0 Å². The van der Waals surface area contributed by atoms with Gasteiger partial charge in [0.1, 0.15) is 11.6 Å². The van der Waals surface area contributed by atoms with Crippen molar-refractivity contribution in [1.29, 1.82) is 0 Å². The minimum atomic E-state index is -0.00512. The number of hydrogen-bond acceptors (Lipinski definition) is 2. The predicted molar refractivity (Wildman–Crippen MR) is 67.6 cm³/mol. The van der Waals surface area contributed by atoms with E-state index in [0.29, 0.717) is 36.2 Å². The first kappa shape index (κ1) is 12.8. The van der Waals surface area contributed by atoms with Crippen LogP contribution in [0.25, 0.3) is 0 Å². The van der Waals surface area contributed by atoms with Crippen LogP contribution in [0.2, 0.25) is 0 Å². The molecule has 2 saturated carbocycles. The highest BCUT2D eigenvalue weighted by atomic mass is 16.1. The van der Waals surface area contributed by atoms with Crippen LogP contribution in [0, 0.1) is 29.1 Å². The van der Waals surface area contributed by atoms with Gasteiger partial charge in [-0.1, -0.05) is 27.7 Å². The van der Waals surface area contributed by atoms with Crippen molar-refractivity contribution in [2.24, 2.45) is 29.1 Å². The Morgan fingerprint density at radius 2 is 1.82 bits per heavy atom. The zero-order chi connectivity index (χ0) is 12.8. The van der Waals surface area contributed by atoms with Gasteiger partial charge in [0, 0.05) is 24.7 Å². The molecule has 1 spiro atoms. The third-order valence-electron chi connectivity index (χ3n) is 5.22. The normalized spacial score (nSPS) is 42.8. The maximum absolute atomic E-state index is 12.2. The summed E-state index contributed by atoms with van der Waals surface area (Å²) in [5, 5.41) is 0. The third-order valence-corrected chi connectivity index (χ3v) is 5.22. The van der Waals surface area contributed by atoms with Crippen LogP contribution in [-0.2, 0) is 9.59 Å². The fourth-order valence-corrected chi connectivity index (χ4v) is 4.21. The van der Waals surface area contributed by atoms with E-state index in [1.807, 2.05) is 6.92 Å². The Hall–Kier alpha value is -0.660. The van der Waals surface area contributed by atoms with Gasteiger partial charge in [0.25, 0.3) is 0 Å². The Balaban J connectivity index is 2.33. The molecule has 96 valence electrons. The van der Waals surface area contributed by atoms with Gasteiger partial charge >= 0.3 is 0 Å². The van der Waals surface area contributed by atoms with Crippen LogP contribution in [0.1, 0.15) is 53.4 Å². The van der Waals surface area contributed by atoms with Crippen molar-refractivity contribution in [3.05, 3.63) is 0 Å². The molecule has 0 aromatic carbocycles. The lowest BCUT2D eigenvalue weighted by Crippen LogP contribution is -2.42. The zero-order valence-electron chi connectivity index (χ0n) is 11.5. The lowest BCUT2D eigenvalue weighted by molar-refractivity contribution is -0.133. The van der Waals surface area contributed by atoms with Gasteiger partial charge in [0.05, 0.1) is 0 Å². The van der Waals surface area contributed by atoms with Crippen LogP contribution in [0.5, 0.6) is 0 Å². The van der Waals surface area contributed by atoms with Gasteiger partial charge in [0.15, 0.2) is 0 Å². The third kappa shape index (κ3) is 1.86. The molecule has 2 aliphatic rings. The van der Waals surface area contributed by atoms with Gasteiger partial charge in [-0.2, -0.15) is 0 Å². The Morgan fingerprint density at radius 3 is 2.35 bits per heavy atom. The molecular weight excluding hydrogens is 212 g/mol. The second-order valence-corrected chi connectivity index (χ2v) is 6.61. The number of rotatable bonds is 1. The molecule has 2 aliphatic carbocycles. The van der Waals surface area contributed by atoms with Crippen molar-refractivity contribution in [2.75, 3.05) is 0 Å². The molecule has 0 bridgehead atoms. The number of hydrogen-bond donors (Lipinski definition) is 0. The molecular formula is C15H24O2. The minimum Gasteiger partial charge on any atom is -0.299 e. The molecule has 4 atom stereocenters. The number of ketones is 2. The van der Waals surface area contributed by atoms with E-state index in [1.54, 1.807) is 0 Å². The van der Waals surface area contributed by atoms with Crippen LogP contribution in [0.3, 0.4) is 0 Å². The van der Waals surface area contributed by atoms with E-state index in [9.17, 15) is 9.59 Å². The molecule has 0 saturated heterocycles. The zero-order valence-corrected chi connectivity index (χ0v) is 11.5. The Morgan fingerprint density at radius 1 is 1.18 bits per heavy atom. The highest BCUT2D eigenvalue weighted by Crippen LogP contribution is 2.56. The molecule has 0 amide bonds. The fraction of sp³-hybridized carbons (Fsp3) is 0.867. The van der Waals surface area contributed by atoms with Crippen molar-refractivity contribution in [2.45, 2.75) is 53.4 Å². The summed E-state index contributed by atoms with van der Waals surface area (Å²) >= 11 is 0. The summed E-state index contributed by atoms with van der Waals surface area (Å²) in [6.07, 6.45) is 3.36. The summed E-state index contributed by atoms with van der Waals surface area (Å²) in [5.74, 6) is 1.86. The van der Waals surface area contributed by atoms with Gasteiger partial charge in [-0.25, -0.2) is 0 Å². The standard InChI is InChI=1S/C15H24O2/c1-9(2)14-12(16)7-11(4)15(14)6-5-10(3)13(17)8-15/h9-11,14H,5-8H2,1-4H3/t10-,11+,14-,15+/m1/s1. The topological polar surface area (TPSA) is 34.1 Å². The highest BCUT2D eigenvalue weighted by Gasteiger charge is 2.55. The molecule has 17 heavy (non-hydrogen) atoms. The molecule has 0 unspecified atom stereocenters. The molecule has 2 fully saturated rings. The van der Waals surface area contributed by atoms with Gasteiger partial charge in [-0.15, -0.1) is 0 Å². The molecule has 2 heteroatoms. The van der Waals surface area contributed by atoms with Crippen molar-refractivity contribution in [3.63, 3.8) is 0 Å². The summed E-state index contributed by atoms with van der Waals surface area (Å²) in [7, 11) is 0. The first-order chi connectivity index (χ1) is 7.88. The van der Waals surface area contributed by atoms with Crippen molar-refractivity contribution >= 4 is 11.6 Å². The lowest BCUT2D eigenvalue weighted by Gasteiger charge is -2.44. The molecule has 0 aliphatic heterocycles. The van der Waals surface area contributed by atoms with Crippen LogP contribution in [0.15, 0.2) is 0 Å². The first-order valence-electron chi connectivity index (χ1n) is 6.94. The van der Waals surface area contributed by atoms with E-state index in [2.05, 4.69) is 20.8 Å². The van der Waals surface area contributed by atoms with Crippen molar-refractivity contribution < 1.29 is 9.59 Å². The molecule has 0 N–H and O–H groups in total. The fourth-order valence-electron chi connectivity index (χ4n) is 4.21. The highest BCUT2D eigenvalue weighted by molar-refractivity contribution is 5.88. The molecule has 0 aromatic heterocycles. The molecule has 0 heterocycles. The van der Waals surface area contributed by atoms with Crippen LogP contribution < -0.4 is 0 Å². The van der Waals surface area contributed by atoms with Crippen molar-refractivity contribution in [3.8, 4) is 0 Å². The number of carbonyl (C=O) groups is 2. The Labute approximate surface area is 104 Å². The Kier molecular flexibility index (Phi) is 3.17. The summed E-state index contributed by atoms with van der Waals surface area (Å²) < 4.78 is 0. The van der Waals surface area contributed by atoms with Crippen molar-refractivity contribution in [1.82, 2.24) is 0 Å². The number of Topliss-reactive ketones (excluding diaryl/α,β-unsaturated/α-hetero) is 2. The van der Waals surface area contributed by atoms with Gasteiger partial charge < -0.3 is 0 Å². The molecule has 2 rings (SSSR count). The summed E-state index contributed by atoms with van der Waals surface area (Å²) in [6.45, 7) is 8.46. The average Bonchev–Trinajstić information content (AvgIpc) is 2.45. The average molecular weight is 236 g/mol. The quantitative estimate of drug-likeness (QED) is 0.700. The van der Waals surface area contributed by atoms with Crippen LogP contribution in [0.4, 0.5) is 0 Å². The maximum Gasteiger partial charge on any atom is 0.137 e. The smallest absolute Gasteiger partial charge is 0.137 e. The second kappa shape index (κ2) is 4.22. The van der Waals surface area contributed by atoms with E-state index < -0.39 is 0 Å². The van der Waals surface area contributed by atoms with E-state index in [4.69, 9.17) is 0 Å². The molecule has 0 radical (unpaired) electrons. The number of carbonyl (C=O) groups excluding carboxylic acids is 2. The monoisotopic (exact) mass is 236 g/mol. The molecule has 0 aromatic rings. The Bertz CT molecular complexity index is 345. The van der Waals surface area contributed by atoms with Gasteiger partial charge in [-0.3, -0.25) is 9.59 Å².